The average Bonchev–Trinajstić information content (AvgIpc) is 3.00. The Balaban J connectivity index is 2.02. The molecule has 2 atom stereocenters. The molecule has 1 aromatic rings. The molecule has 144 valence electrons. The molecule has 0 aliphatic carbocycles. The molecule has 1 aliphatic heterocycles. The number of nitrogens with two attached hydrogens (primary N) is 1. The fourth-order valence-electron chi connectivity index (χ4n) is 2.46. The third-order valence-electron chi connectivity index (χ3n) is 3.83. The van der Waals surface area contributed by atoms with Gasteiger partial charge in [0.2, 0.25) is 10.0 Å². The van der Waals surface area contributed by atoms with Gasteiger partial charge in [-0.3, -0.25) is 0 Å². The molecule has 2 heterocycles. The first-order chi connectivity index (χ1) is 11.8. The molecular weight excluding hydrogens is 382 g/mol. The van der Waals surface area contributed by atoms with Gasteiger partial charge in [0.25, 0.3) is 0 Å². The summed E-state index contributed by atoms with van der Waals surface area (Å²) in [6.45, 7) is 7.16. The second-order valence-electron chi connectivity index (χ2n) is 5.87. The first kappa shape index (κ1) is 21.1. The lowest BCUT2D eigenvalue weighted by Crippen LogP contribution is -2.35. The van der Waals surface area contributed by atoms with Gasteiger partial charge in [-0.05, 0) is 49.9 Å². The van der Waals surface area contributed by atoms with E-state index in [9.17, 15) is 8.42 Å². The molecule has 25 heavy (non-hydrogen) atoms. The first-order valence-electron chi connectivity index (χ1n) is 8.32. The molecule has 2 unspecified atom stereocenters. The van der Waals surface area contributed by atoms with Crippen molar-refractivity contribution in [2.75, 3.05) is 33.4 Å². The van der Waals surface area contributed by atoms with Crippen LogP contribution in [-0.2, 0) is 19.5 Å². The first-order valence-corrected chi connectivity index (χ1v) is 11.5. The van der Waals surface area contributed by atoms with Crippen LogP contribution in [-0.4, -0.2) is 52.4 Å². The number of sulfonamides is 1. The third kappa shape index (κ3) is 6.17. The van der Waals surface area contributed by atoms with Crippen LogP contribution in [0.25, 0.3) is 0 Å². The molecule has 3 N–H and O–H groups in total. The molecule has 0 spiro atoms. The van der Waals surface area contributed by atoms with Crippen LogP contribution >= 0.6 is 23.3 Å². The molecule has 1 aliphatic rings. The van der Waals surface area contributed by atoms with Gasteiger partial charge in [-0.2, -0.15) is 0 Å². The smallest absolute Gasteiger partial charge is 0.247 e. The zero-order valence-corrected chi connectivity index (χ0v) is 17.3. The number of thiophene rings is 1. The number of nitrogens with one attached hydrogen (secondary N) is 1. The van der Waals surface area contributed by atoms with Crippen molar-refractivity contribution in [3.05, 3.63) is 11.6 Å². The Morgan fingerprint density at radius 2 is 2.28 bits per heavy atom. The van der Waals surface area contributed by atoms with Crippen molar-refractivity contribution in [3.8, 4) is 0 Å². The monoisotopic (exact) mass is 409 g/mol. The van der Waals surface area contributed by atoms with Crippen LogP contribution in [0.4, 0.5) is 0 Å². The number of hydrogen-bond donors (Lipinski definition) is 2. The van der Waals surface area contributed by atoms with E-state index in [-0.39, 0.29) is 16.5 Å². The summed E-state index contributed by atoms with van der Waals surface area (Å²) in [4.78, 5) is 0. The maximum absolute atomic E-state index is 11.7. The normalized spacial score (nSPS) is 19.8. The highest BCUT2D eigenvalue weighted by molar-refractivity contribution is 7.99. The van der Waals surface area contributed by atoms with E-state index in [1.807, 2.05) is 6.92 Å². The summed E-state index contributed by atoms with van der Waals surface area (Å²) in [5, 5.41) is 8.80. The van der Waals surface area contributed by atoms with E-state index in [1.165, 1.54) is 11.3 Å². The third-order valence-corrected chi connectivity index (χ3v) is 7.66. The van der Waals surface area contributed by atoms with E-state index in [4.69, 9.17) is 14.6 Å². The van der Waals surface area contributed by atoms with Crippen molar-refractivity contribution in [2.24, 2.45) is 5.14 Å². The van der Waals surface area contributed by atoms with E-state index in [1.54, 1.807) is 25.1 Å². The van der Waals surface area contributed by atoms with Crippen molar-refractivity contribution in [3.63, 3.8) is 0 Å². The van der Waals surface area contributed by atoms with Gasteiger partial charge in [0.05, 0.1) is 10.8 Å². The van der Waals surface area contributed by atoms with Crippen molar-refractivity contribution in [1.82, 2.24) is 9.62 Å². The molecule has 0 radical (unpaired) electrons. The van der Waals surface area contributed by atoms with E-state index < -0.39 is 10.0 Å². The second kappa shape index (κ2) is 9.65. The van der Waals surface area contributed by atoms with Gasteiger partial charge in [-0.15, -0.1) is 11.3 Å². The minimum Gasteiger partial charge on any atom is -0.356 e. The molecule has 0 bridgehead atoms. The molecule has 0 aromatic carbocycles. The van der Waals surface area contributed by atoms with Crippen molar-refractivity contribution in [2.45, 2.75) is 47.4 Å². The maximum atomic E-state index is 11.7. The summed E-state index contributed by atoms with van der Waals surface area (Å²) in [6, 6.07) is 1.83. The maximum Gasteiger partial charge on any atom is 0.247 e. The fourth-order valence-corrected chi connectivity index (χ4v) is 6.04. The van der Waals surface area contributed by atoms with Gasteiger partial charge >= 0.3 is 0 Å². The van der Waals surface area contributed by atoms with Crippen LogP contribution in [0.5, 0.6) is 0 Å². The lowest BCUT2D eigenvalue weighted by atomic mass is 10.1. The molecule has 7 nitrogen and oxygen atoms in total. The average molecular weight is 410 g/mol. The van der Waals surface area contributed by atoms with E-state index in [2.05, 4.69) is 16.5 Å². The number of ether oxygens (including phenoxy) is 2. The van der Waals surface area contributed by atoms with Crippen molar-refractivity contribution in [1.29, 1.82) is 0 Å². The van der Waals surface area contributed by atoms with Gasteiger partial charge in [0.1, 0.15) is 4.21 Å². The van der Waals surface area contributed by atoms with Crippen LogP contribution in [0.3, 0.4) is 0 Å². The molecular formula is C15H27N3O4S3. The van der Waals surface area contributed by atoms with E-state index in [0.717, 1.165) is 42.2 Å². The number of hydrogen-bond acceptors (Lipinski definition) is 8. The van der Waals surface area contributed by atoms with E-state index >= 15 is 0 Å². The predicted octanol–water partition coefficient (Wildman–Crippen LogP) is 2.16. The zero-order valence-electron chi connectivity index (χ0n) is 14.9. The summed E-state index contributed by atoms with van der Waals surface area (Å²) < 4.78 is 37.4. The molecule has 10 heteroatoms. The number of rotatable bonds is 10. The van der Waals surface area contributed by atoms with Crippen LogP contribution < -0.4 is 10.5 Å². The van der Waals surface area contributed by atoms with Crippen LogP contribution in [0.2, 0.25) is 0 Å². The number of nitrogens with zero attached hydrogens (tertiary/aromatic N) is 1. The minimum atomic E-state index is -3.67. The summed E-state index contributed by atoms with van der Waals surface area (Å²) in [5.41, 5.74) is 1.04. The number of primary sulfonamides is 1. The highest BCUT2D eigenvalue weighted by Crippen LogP contribution is 2.43. The Labute approximate surface area is 158 Å². The Kier molecular flexibility index (Phi) is 8.15. The number of fused-ring (bicyclic) bond motifs is 1. The summed E-state index contributed by atoms with van der Waals surface area (Å²) in [5.74, 6) is 0. The molecule has 0 saturated carbocycles. The Hall–Kier alpha value is -0.200. The quantitative estimate of drug-likeness (QED) is 0.347. The van der Waals surface area contributed by atoms with Gasteiger partial charge in [-0.25, -0.2) is 17.9 Å². The highest BCUT2D eigenvalue weighted by atomic mass is 32.3. The van der Waals surface area contributed by atoms with E-state index in [0.29, 0.717) is 6.61 Å². The topological polar surface area (TPSA) is 93.9 Å². The highest BCUT2D eigenvalue weighted by Gasteiger charge is 2.30. The van der Waals surface area contributed by atoms with Gasteiger partial charge < -0.3 is 14.8 Å². The summed E-state index contributed by atoms with van der Waals surface area (Å²) >= 11 is 2.85. The van der Waals surface area contributed by atoms with Crippen molar-refractivity contribution < 1.29 is 17.9 Å². The lowest BCUT2D eigenvalue weighted by molar-refractivity contribution is -0.111. The molecule has 0 saturated heterocycles. The molecule has 0 amide bonds. The van der Waals surface area contributed by atoms with Gasteiger partial charge in [0, 0.05) is 26.2 Å². The zero-order chi connectivity index (χ0) is 18.4. The fraction of sp³-hybridized carbons (Fsp3) is 0.733. The minimum absolute atomic E-state index is 0.113. The van der Waals surface area contributed by atoms with Gasteiger partial charge in [-0.1, -0.05) is 6.92 Å². The Morgan fingerprint density at radius 3 is 2.92 bits per heavy atom. The van der Waals surface area contributed by atoms with Crippen LogP contribution in [0, 0.1) is 0 Å². The van der Waals surface area contributed by atoms with Crippen LogP contribution in [0.15, 0.2) is 14.5 Å². The SMILES string of the molecule is CCCNC1CN(CCCOC(C)OC)Sc2sc(S(N)(=O)=O)cc21. The van der Waals surface area contributed by atoms with Crippen LogP contribution in [0.1, 0.15) is 38.3 Å². The molecule has 0 fully saturated rings. The summed E-state index contributed by atoms with van der Waals surface area (Å²) in [6.07, 6.45) is 1.70. The second-order valence-corrected chi connectivity index (χ2v) is 10.1. The van der Waals surface area contributed by atoms with Crippen molar-refractivity contribution >= 4 is 33.3 Å². The molecule has 2 rings (SSSR count). The lowest BCUT2D eigenvalue weighted by Gasteiger charge is -2.32. The standard InChI is InChI=1S/C15H27N3O4S3/c1-4-6-17-13-10-18(7-5-8-22-11(2)21-3)24-15-12(13)9-14(23-15)25(16,19)20/h9,11,13,17H,4-8,10H2,1-3H3,(H2,16,19,20). The Bertz CT molecular complexity index is 650. The largest absolute Gasteiger partial charge is 0.356 e. The van der Waals surface area contributed by atoms with Gasteiger partial charge in [0.15, 0.2) is 6.29 Å². The summed E-state index contributed by atoms with van der Waals surface area (Å²) in [7, 11) is -2.05. The predicted molar refractivity (Wildman–Crippen MR) is 101 cm³/mol. The molecule has 1 aromatic heterocycles. The Morgan fingerprint density at radius 1 is 1.52 bits per heavy atom. The number of methoxy groups -OCH3 is 1.